The highest BCUT2D eigenvalue weighted by Gasteiger charge is 2.60. The van der Waals surface area contributed by atoms with Crippen LogP contribution >= 0.6 is 0 Å². The van der Waals surface area contributed by atoms with Crippen molar-refractivity contribution in [2.75, 3.05) is 0 Å². The lowest BCUT2D eigenvalue weighted by atomic mass is 9.59. The molecule has 0 radical (unpaired) electrons. The van der Waals surface area contributed by atoms with Gasteiger partial charge in [0.1, 0.15) is 34.4 Å². The van der Waals surface area contributed by atoms with E-state index in [9.17, 15) is 34.8 Å². The zero-order chi connectivity index (χ0) is 26.8. The number of aromatic hydroxyl groups is 1. The maximum atomic E-state index is 13.6. The number of rotatable bonds is 5. The summed E-state index contributed by atoms with van der Waals surface area (Å²) in [5.41, 5.74) is 2.95. The average molecular weight is 508 g/mol. The van der Waals surface area contributed by atoms with Gasteiger partial charge in [-0.15, -0.1) is 0 Å². The van der Waals surface area contributed by atoms with Crippen LogP contribution in [-0.4, -0.2) is 43.5 Å². The Balaban J connectivity index is 1.61. The molecule has 1 heterocycles. The van der Waals surface area contributed by atoms with Gasteiger partial charge < -0.3 is 30.6 Å². The normalized spacial score (nSPS) is 25.3. The van der Waals surface area contributed by atoms with E-state index >= 15 is 0 Å². The smallest absolute Gasteiger partial charge is 0.255 e. The number of aliphatic hydroxyl groups excluding tert-OH is 2. The molecule has 194 valence electrons. The number of hydrogen-bond donors (Lipinski definition) is 5. The first-order valence-corrected chi connectivity index (χ1v) is 12.4. The van der Waals surface area contributed by atoms with Crippen molar-refractivity contribution in [2.45, 2.75) is 51.6 Å². The largest absolute Gasteiger partial charge is 0.508 e. The number of fused-ring (bicyclic) bond motifs is 3. The lowest BCUT2D eigenvalue weighted by molar-refractivity contribution is -0.147. The fourth-order valence-corrected chi connectivity index (χ4v) is 5.94. The van der Waals surface area contributed by atoms with Gasteiger partial charge in [-0.3, -0.25) is 14.4 Å². The number of primary amides is 1. The third-order valence-electron chi connectivity index (χ3n) is 7.84. The molecule has 6 N–H and O–H groups in total. The number of ketones is 2. The summed E-state index contributed by atoms with van der Waals surface area (Å²) in [7, 11) is 0. The summed E-state index contributed by atoms with van der Waals surface area (Å²) in [6.07, 6.45) is 1.67. The molecular weight excluding hydrogens is 478 g/mol. The van der Waals surface area contributed by atoms with E-state index in [4.69, 9.17) is 10.2 Å². The molecule has 1 saturated carbocycles. The van der Waals surface area contributed by atoms with Crippen LogP contribution in [-0.2, 0) is 27.2 Å². The summed E-state index contributed by atoms with van der Waals surface area (Å²) >= 11 is 0. The first-order valence-electron chi connectivity index (χ1n) is 12.4. The van der Waals surface area contributed by atoms with Gasteiger partial charge in [0.25, 0.3) is 5.91 Å². The molecule has 1 aromatic heterocycles. The van der Waals surface area contributed by atoms with Crippen LogP contribution in [0.25, 0.3) is 17.1 Å². The predicted octanol–water partition coefficient (Wildman–Crippen LogP) is 3.27. The SMILES string of the molecule is CC(C)CCc1ccc(-c2ccc(O)c3c2CC2CC4CC(=O)C(C(N)=O)=C(O)C4(O)C(=O)C2=C3O)o1. The number of benzene rings is 1. The molecular formula is C28H29NO8. The first-order chi connectivity index (χ1) is 17.4. The third-order valence-corrected chi connectivity index (χ3v) is 7.84. The van der Waals surface area contributed by atoms with E-state index in [1.807, 2.05) is 12.1 Å². The second kappa shape index (κ2) is 8.62. The molecule has 3 aliphatic carbocycles. The molecule has 1 amide bonds. The van der Waals surface area contributed by atoms with Gasteiger partial charge >= 0.3 is 0 Å². The van der Waals surface area contributed by atoms with Crippen LogP contribution in [0.1, 0.15) is 50.0 Å². The standard InChI is InChI=1S/C28H29NO8/c1-12(2)3-4-15-5-8-20(37-15)16-6-7-18(30)22-17(16)10-13-9-14-11-19(31)23(27(29)35)26(34)28(14,36)25(33)21(13)24(22)32/h5-8,12-14,30,32,34,36H,3-4,9-11H2,1-2H3,(H2,29,35). The molecule has 3 atom stereocenters. The van der Waals surface area contributed by atoms with Gasteiger partial charge in [-0.1, -0.05) is 13.8 Å². The van der Waals surface area contributed by atoms with Crippen molar-refractivity contribution >= 4 is 23.2 Å². The van der Waals surface area contributed by atoms with Gasteiger partial charge in [0.05, 0.1) is 5.56 Å². The number of nitrogens with two attached hydrogens (primary N) is 1. The molecule has 1 fully saturated rings. The Hall–Kier alpha value is -3.85. The molecule has 9 nitrogen and oxygen atoms in total. The summed E-state index contributed by atoms with van der Waals surface area (Å²) in [6, 6.07) is 6.81. The van der Waals surface area contributed by atoms with Crippen LogP contribution in [0.3, 0.4) is 0 Å². The van der Waals surface area contributed by atoms with Crippen LogP contribution < -0.4 is 5.73 Å². The van der Waals surface area contributed by atoms with Crippen molar-refractivity contribution in [3.8, 4) is 17.1 Å². The molecule has 37 heavy (non-hydrogen) atoms. The van der Waals surface area contributed by atoms with Crippen molar-refractivity contribution in [2.24, 2.45) is 23.5 Å². The van der Waals surface area contributed by atoms with E-state index in [1.54, 1.807) is 6.07 Å². The number of Topliss-reactive ketones (excluding diaryl/α,β-unsaturated/α-hetero) is 2. The second-order valence-corrected chi connectivity index (χ2v) is 10.6. The average Bonchev–Trinajstić information content (AvgIpc) is 3.28. The molecule has 9 heteroatoms. The minimum Gasteiger partial charge on any atom is -0.508 e. The Bertz CT molecular complexity index is 1410. The molecule has 0 saturated heterocycles. The summed E-state index contributed by atoms with van der Waals surface area (Å²) in [5, 5.41) is 43.9. The third kappa shape index (κ3) is 3.68. The van der Waals surface area contributed by atoms with Crippen molar-refractivity contribution in [1.82, 2.24) is 0 Å². The Morgan fingerprint density at radius 3 is 2.54 bits per heavy atom. The number of phenols is 1. The predicted molar refractivity (Wildman–Crippen MR) is 132 cm³/mol. The fraction of sp³-hybridized carbons (Fsp3) is 0.393. The number of aryl methyl sites for hydroxylation is 1. The molecule has 2 aromatic rings. The molecule has 1 aromatic carbocycles. The lowest BCUT2D eigenvalue weighted by Crippen LogP contribution is -2.58. The number of phenolic OH excluding ortho intramolecular Hbond substituents is 1. The van der Waals surface area contributed by atoms with E-state index in [0.717, 1.165) is 18.6 Å². The van der Waals surface area contributed by atoms with Crippen LogP contribution in [0.15, 0.2) is 45.6 Å². The second-order valence-electron chi connectivity index (χ2n) is 10.6. The molecule has 3 unspecified atom stereocenters. The van der Waals surface area contributed by atoms with Gasteiger partial charge in [-0.05, 0) is 60.9 Å². The Morgan fingerprint density at radius 2 is 1.86 bits per heavy atom. The van der Waals surface area contributed by atoms with Crippen molar-refractivity contribution in [3.05, 3.63) is 58.1 Å². The summed E-state index contributed by atoms with van der Waals surface area (Å²) in [6.45, 7) is 4.26. The lowest BCUT2D eigenvalue weighted by Gasteiger charge is -2.46. The Labute approximate surface area is 212 Å². The molecule has 0 spiro atoms. The Kier molecular flexibility index (Phi) is 5.79. The topological polar surface area (TPSA) is 171 Å². The number of carbonyl (C=O) groups is 3. The zero-order valence-corrected chi connectivity index (χ0v) is 20.6. The van der Waals surface area contributed by atoms with Gasteiger partial charge in [0.2, 0.25) is 5.78 Å². The Morgan fingerprint density at radius 1 is 1.14 bits per heavy atom. The van der Waals surface area contributed by atoms with Crippen LogP contribution in [0.2, 0.25) is 0 Å². The first kappa shape index (κ1) is 24.8. The van der Waals surface area contributed by atoms with Crippen molar-refractivity contribution < 1.29 is 39.2 Å². The minimum atomic E-state index is -2.57. The number of hydrogen-bond acceptors (Lipinski definition) is 8. The molecule has 3 aliphatic rings. The maximum absolute atomic E-state index is 13.6. The van der Waals surface area contributed by atoms with E-state index in [1.165, 1.54) is 6.07 Å². The van der Waals surface area contributed by atoms with E-state index < -0.39 is 52.0 Å². The van der Waals surface area contributed by atoms with Crippen LogP contribution in [0, 0.1) is 17.8 Å². The van der Waals surface area contributed by atoms with Crippen molar-refractivity contribution in [1.29, 1.82) is 0 Å². The van der Waals surface area contributed by atoms with Crippen LogP contribution in [0.5, 0.6) is 5.75 Å². The maximum Gasteiger partial charge on any atom is 0.255 e. The zero-order valence-electron chi connectivity index (χ0n) is 20.6. The van der Waals surface area contributed by atoms with Gasteiger partial charge in [-0.25, -0.2) is 0 Å². The fourth-order valence-electron chi connectivity index (χ4n) is 5.94. The summed E-state index contributed by atoms with van der Waals surface area (Å²) in [5.74, 6) is -4.59. The number of carbonyl (C=O) groups excluding carboxylic acids is 3. The highest BCUT2D eigenvalue weighted by molar-refractivity contribution is 6.22. The van der Waals surface area contributed by atoms with Gasteiger partial charge in [-0.2, -0.15) is 0 Å². The minimum absolute atomic E-state index is 0.0461. The van der Waals surface area contributed by atoms with Crippen molar-refractivity contribution in [3.63, 3.8) is 0 Å². The van der Waals surface area contributed by atoms with E-state index in [-0.39, 0.29) is 36.1 Å². The number of aliphatic hydroxyl groups is 3. The molecule has 0 aliphatic heterocycles. The van der Waals surface area contributed by atoms with E-state index in [2.05, 4.69) is 13.8 Å². The summed E-state index contributed by atoms with van der Waals surface area (Å²) in [4.78, 5) is 37.9. The number of amides is 1. The highest BCUT2D eigenvalue weighted by Crippen LogP contribution is 2.53. The van der Waals surface area contributed by atoms with Gasteiger partial charge in [0, 0.05) is 29.9 Å². The summed E-state index contributed by atoms with van der Waals surface area (Å²) < 4.78 is 6.07. The molecule has 0 bridgehead atoms. The highest BCUT2D eigenvalue weighted by atomic mass is 16.4. The quantitative estimate of drug-likeness (QED) is 0.384. The molecule has 5 rings (SSSR count). The number of furan rings is 1. The van der Waals surface area contributed by atoms with E-state index in [0.29, 0.717) is 22.8 Å². The monoisotopic (exact) mass is 507 g/mol. The van der Waals surface area contributed by atoms with Crippen LogP contribution in [0.4, 0.5) is 0 Å². The van der Waals surface area contributed by atoms with Gasteiger partial charge in [0.15, 0.2) is 11.4 Å².